The summed E-state index contributed by atoms with van der Waals surface area (Å²) >= 11 is 4.83. The van der Waals surface area contributed by atoms with Crippen LogP contribution < -0.4 is 0 Å². The first-order valence-corrected chi connectivity index (χ1v) is 10.6. The van der Waals surface area contributed by atoms with E-state index in [0.717, 1.165) is 30.4 Å². The Bertz CT molecular complexity index is 1040. The molecule has 26 heavy (non-hydrogen) atoms. The van der Waals surface area contributed by atoms with E-state index in [1.165, 1.54) is 11.1 Å². The third-order valence-corrected chi connectivity index (χ3v) is 6.43. The molecule has 0 amide bonds. The number of rotatable bonds is 5. The Morgan fingerprint density at radius 2 is 1.88 bits per heavy atom. The predicted octanol–water partition coefficient (Wildman–Crippen LogP) is 4.73. The number of nitrogens with zero attached hydrogens (tertiary/aromatic N) is 5. The number of aromatic nitrogens is 4. The van der Waals surface area contributed by atoms with Gasteiger partial charge in [-0.15, -0.1) is 21.5 Å². The van der Waals surface area contributed by atoms with Crippen LogP contribution in [0.5, 0.6) is 0 Å². The highest BCUT2D eigenvalue weighted by Crippen LogP contribution is 2.41. The molecule has 3 aromatic heterocycles. The number of hydrogen-bond acceptors (Lipinski definition) is 8. The smallest absolute Gasteiger partial charge is 0.180 e. The Kier molecular flexibility index (Phi) is 4.99. The van der Waals surface area contributed by atoms with Crippen LogP contribution in [0.4, 0.5) is 0 Å². The lowest BCUT2D eigenvalue weighted by Gasteiger charge is -2.10. The molecule has 132 valence electrons. The summed E-state index contributed by atoms with van der Waals surface area (Å²) < 4.78 is 0.906. The van der Waals surface area contributed by atoms with E-state index in [2.05, 4.69) is 44.7 Å². The normalized spacial score (nSPS) is 11.5. The number of fused-ring (bicyclic) bond motifs is 1. The molecule has 0 unspecified atom stereocenters. The minimum atomic E-state index is 0.706. The van der Waals surface area contributed by atoms with Crippen molar-refractivity contribution < 1.29 is 0 Å². The van der Waals surface area contributed by atoms with E-state index in [1.54, 1.807) is 34.4 Å². The van der Waals surface area contributed by atoms with Gasteiger partial charge in [0.25, 0.3) is 0 Å². The van der Waals surface area contributed by atoms with Crippen molar-refractivity contribution in [2.45, 2.75) is 22.8 Å². The fourth-order valence-corrected chi connectivity index (χ4v) is 5.53. The summed E-state index contributed by atoms with van der Waals surface area (Å²) in [5.74, 6) is 0.827. The SMILES string of the molecule is Cc1nnc(Sc2nc(CN(C)C)nc3scc(-c4ccccc4)c23)s1. The van der Waals surface area contributed by atoms with Crippen LogP contribution in [-0.2, 0) is 6.54 Å². The molecule has 1 aromatic carbocycles. The summed E-state index contributed by atoms with van der Waals surface area (Å²) in [5.41, 5.74) is 2.35. The molecule has 0 bridgehead atoms. The molecule has 0 aliphatic rings. The molecule has 4 aromatic rings. The Labute approximate surface area is 164 Å². The molecule has 4 rings (SSSR count). The largest absolute Gasteiger partial charge is 0.302 e. The van der Waals surface area contributed by atoms with E-state index in [0.29, 0.717) is 6.54 Å². The first kappa shape index (κ1) is 17.5. The number of thiophene rings is 1. The third-order valence-electron chi connectivity index (χ3n) is 3.68. The zero-order chi connectivity index (χ0) is 18.1. The van der Waals surface area contributed by atoms with Gasteiger partial charge in [-0.1, -0.05) is 41.7 Å². The van der Waals surface area contributed by atoms with E-state index in [1.807, 2.05) is 27.1 Å². The monoisotopic (exact) mass is 399 g/mol. The number of benzene rings is 1. The Hall–Kier alpha value is -1.87. The molecule has 0 fully saturated rings. The van der Waals surface area contributed by atoms with E-state index >= 15 is 0 Å². The van der Waals surface area contributed by atoms with Crippen LogP contribution in [0.1, 0.15) is 10.8 Å². The summed E-state index contributed by atoms with van der Waals surface area (Å²) in [6.45, 7) is 2.67. The van der Waals surface area contributed by atoms with Gasteiger partial charge in [0, 0.05) is 10.9 Å². The Morgan fingerprint density at radius 3 is 2.58 bits per heavy atom. The summed E-state index contributed by atoms with van der Waals surface area (Å²) in [6, 6.07) is 10.4. The standard InChI is InChI=1S/C18H17N5S3/c1-11-21-22-18(25-11)26-17-15-13(12-7-5-4-6-8-12)10-24-16(15)19-14(20-17)9-23(2)3/h4-8,10H,9H2,1-3H3. The van der Waals surface area contributed by atoms with Gasteiger partial charge in [-0.25, -0.2) is 9.97 Å². The predicted molar refractivity (Wildman–Crippen MR) is 109 cm³/mol. The van der Waals surface area contributed by atoms with Gasteiger partial charge < -0.3 is 4.90 Å². The second kappa shape index (κ2) is 7.40. The first-order chi connectivity index (χ1) is 12.6. The maximum atomic E-state index is 4.86. The molecule has 0 radical (unpaired) electrons. The van der Waals surface area contributed by atoms with Crippen LogP contribution in [0.15, 0.2) is 45.1 Å². The van der Waals surface area contributed by atoms with Crippen LogP contribution in [-0.4, -0.2) is 39.2 Å². The average Bonchev–Trinajstić information content (AvgIpc) is 3.21. The number of aryl methyl sites for hydroxylation is 1. The van der Waals surface area contributed by atoms with Gasteiger partial charge in [-0.05, 0) is 38.3 Å². The van der Waals surface area contributed by atoms with E-state index in [9.17, 15) is 0 Å². The zero-order valence-electron chi connectivity index (χ0n) is 14.6. The van der Waals surface area contributed by atoms with Crippen molar-refractivity contribution in [2.24, 2.45) is 0 Å². The van der Waals surface area contributed by atoms with Gasteiger partial charge in [0.2, 0.25) is 0 Å². The molecule has 0 spiro atoms. The molecule has 0 aliphatic carbocycles. The quantitative estimate of drug-likeness (QED) is 0.452. The van der Waals surface area contributed by atoms with Crippen molar-refractivity contribution in [3.63, 3.8) is 0 Å². The van der Waals surface area contributed by atoms with E-state index in [-0.39, 0.29) is 0 Å². The van der Waals surface area contributed by atoms with E-state index < -0.39 is 0 Å². The first-order valence-electron chi connectivity index (χ1n) is 8.06. The van der Waals surface area contributed by atoms with Crippen LogP contribution in [0.2, 0.25) is 0 Å². The highest BCUT2D eigenvalue weighted by Gasteiger charge is 2.18. The molecule has 0 aliphatic heterocycles. The van der Waals surface area contributed by atoms with Crippen LogP contribution in [0.25, 0.3) is 21.3 Å². The highest BCUT2D eigenvalue weighted by atomic mass is 32.2. The maximum Gasteiger partial charge on any atom is 0.180 e. The van der Waals surface area contributed by atoms with Crippen LogP contribution in [0.3, 0.4) is 0 Å². The molecule has 8 heteroatoms. The summed E-state index contributed by atoms with van der Waals surface area (Å²) in [7, 11) is 4.05. The lowest BCUT2D eigenvalue weighted by atomic mass is 10.1. The average molecular weight is 400 g/mol. The van der Waals surface area contributed by atoms with Gasteiger partial charge in [-0.2, -0.15) is 0 Å². The molecule has 3 heterocycles. The van der Waals surface area contributed by atoms with Crippen LogP contribution in [0, 0.1) is 6.92 Å². The topological polar surface area (TPSA) is 54.8 Å². The molecular formula is C18H17N5S3. The van der Waals surface area contributed by atoms with Crippen molar-refractivity contribution in [1.82, 2.24) is 25.1 Å². The minimum Gasteiger partial charge on any atom is -0.302 e. The summed E-state index contributed by atoms with van der Waals surface area (Å²) in [5, 5.41) is 13.6. The van der Waals surface area contributed by atoms with Gasteiger partial charge in [0.1, 0.15) is 20.7 Å². The molecule has 0 N–H and O–H groups in total. The maximum absolute atomic E-state index is 4.86. The van der Waals surface area contributed by atoms with Crippen molar-refractivity contribution in [1.29, 1.82) is 0 Å². The zero-order valence-corrected chi connectivity index (χ0v) is 17.1. The van der Waals surface area contributed by atoms with Crippen molar-refractivity contribution >= 4 is 44.7 Å². The molecule has 0 atom stereocenters. The molecule has 0 saturated heterocycles. The molecule has 5 nitrogen and oxygen atoms in total. The van der Waals surface area contributed by atoms with Crippen molar-refractivity contribution in [3.05, 3.63) is 46.5 Å². The van der Waals surface area contributed by atoms with Gasteiger partial charge in [-0.3, -0.25) is 0 Å². The highest BCUT2D eigenvalue weighted by molar-refractivity contribution is 8.01. The fraction of sp³-hybridized carbons (Fsp3) is 0.222. The fourth-order valence-electron chi connectivity index (χ4n) is 2.61. The lowest BCUT2D eigenvalue weighted by molar-refractivity contribution is 0.390. The third kappa shape index (κ3) is 3.64. The van der Waals surface area contributed by atoms with Gasteiger partial charge in [0.05, 0.1) is 11.9 Å². The second-order valence-electron chi connectivity index (χ2n) is 6.07. The number of hydrogen-bond donors (Lipinski definition) is 0. The lowest BCUT2D eigenvalue weighted by Crippen LogP contribution is -2.13. The van der Waals surface area contributed by atoms with E-state index in [4.69, 9.17) is 9.97 Å². The molecular weight excluding hydrogens is 382 g/mol. The van der Waals surface area contributed by atoms with Gasteiger partial charge in [0.15, 0.2) is 4.34 Å². The second-order valence-corrected chi connectivity index (χ2v) is 9.34. The Morgan fingerprint density at radius 1 is 1.08 bits per heavy atom. The van der Waals surface area contributed by atoms with Crippen molar-refractivity contribution in [3.8, 4) is 11.1 Å². The molecule has 0 saturated carbocycles. The van der Waals surface area contributed by atoms with Crippen LogP contribution >= 0.6 is 34.4 Å². The minimum absolute atomic E-state index is 0.706. The Balaban J connectivity index is 1.87. The summed E-state index contributed by atoms with van der Waals surface area (Å²) in [6.07, 6.45) is 0. The van der Waals surface area contributed by atoms with Crippen molar-refractivity contribution in [2.75, 3.05) is 14.1 Å². The van der Waals surface area contributed by atoms with Gasteiger partial charge >= 0.3 is 0 Å². The summed E-state index contributed by atoms with van der Waals surface area (Å²) in [4.78, 5) is 12.7.